The Bertz CT molecular complexity index is 385. The summed E-state index contributed by atoms with van der Waals surface area (Å²) in [6, 6.07) is 2.24. The molecule has 0 spiro atoms. The summed E-state index contributed by atoms with van der Waals surface area (Å²) in [5.74, 6) is 0. The summed E-state index contributed by atoms with van der Waals surface area (Å²) in [7, 11) is -1.81. The van der Waals surface area contributed by atoms with Gasteiger partial charge in [0.25, 0.3) is 0 Å². The van der Waals surface area contributed by atoms with Crippen LogP contribution in [-0.4, -0.2) is 42.1 Å². The predicted molar refractivity (Wildman–Crippen MR) is 68.7 cm³/mol. The molecule has 2 fully saturated rings. The van der Waals surface area contributed by atoms with Gasteiger partial charge in [0, 0.05) is 24.9 Å². The minimum atomic E-state index is -1.81. The number of hydrogen-bond donors (Lipinski definition) is 1. The number of nitrogens with zero attached hydrogens (tertiary/aromatic N) is 2. The van der Waals surface area contributed by atoms with Crippen LogP contribution >= 0.6 is 0 Å². The lowest BCUT2D eigenvalue weighted by Gasteiger charge is -2.44. The van der Waals surface area contributed by atoms with Gasteiger partial charge in [0.2, 0.25) is 0 Å². The van der Waals surface area contributed by atoms with Crippen molar-refractivity contribution >= 4 is 14.4 Å². The van der Waals surface area contributed by atoms with E-state index in [1.165, 1.54) is 4.90 Å². The number of rotatable bonds is 2. The highest BCUT2D eigenvalue weighted by Gasteiger charge is 2.52. The van der Waals surface area contributed by atoms with Gasteiger partial charge in [-0.15, -0.1) is 0 Å². The molecule has 2 unspecified atom stereocenters. The van der Waals surface area contributed by atoms with E-state index in [4.69, 9.17) is 4.43 Å². The molecule has 0 radical (unpaired) electrons. The van der Waals surface area contributed by atoms with Crippen LogP contribution < -0.4 is 0 Å². The fourth-order valence-corrected chi connectivity index (χ4v) is 4.69. The minimum Gasteiger partial charge on any atom is -0.465 e. The van der Waals surface area contributed by atoms with Crippen LogP contribution in [0.5, 0.6) is 0 Å². The summed E-state index contributed by atoms with van der Waals surface area (Å²) in [6.07, 6.45) is 1.90. The highest BCUT2D eigenvalue weighted by molar-refractivity contribution is 6.69. The van der Waals surface area contributed by atoms with Crippen molar-refractivity contribution in [1.29, 1.82) is 5.26 Å². The first-order valence-electron chi connectivity index (χ1n) is 6.39. The number of carbonyl (C=O) groups is 1. The number of carboxylic acid groups (broad SMARTS) is 1. The van der Waals surface area contributed by atoms with Gasteiger partial charge >= 0.3 is 6.09 Å². The van der Waals surface area contributed by atoms with Gasteiger partial charge in [0.15, 0.2) is 8.32 Å². The maximum Gasteiger partial charge on any atom is 0.407 e. The molecule has 2 bridgehead atoms. The lowest BCUT2D eigenvalue weighted by Crippen LogP contribution is -2.55. The van der Waals surface area contributed by atoms with Crippen LogP contribution in [0, 0.1) is 11.3 Å². The third-order valence-corrected chi connectivity index (χ3v) is 4.68. The van der Waals surface area contributed by atoms with E-state index in [1.807, 2.05) is 0 Å². The summed E-state index contributed by atoms with van der Waals surface area (Å²) in [6.45, 7) is 6.20. The Kier molecular flexibility index (Phi) is 3.15. The van der Waals surface area contributed by atoms with Crippen molar-refractivity contribution in [2.45, 2.75) is 63.0 Å². The molecule has 18 heavy (non-hydrogen) atoms. The van der Waals surface area contributed by atoms with Gasteiger partial charge in [0.1, 0.15) is 5.60 Å². The molecule has 1 amide bonds. The van der Waals surface area contributed by atoms with Gasteiger partial charge in [-0.3, -0.25) is 0 Å². The second kappa shape index (κ2) is 4.25. The van der Waals surface area contributed by atoms with Crippen LogP contribution in [0.1, 0.15) is 25.7 Å². The number of fused-ring (bicyclic) bond motifs is 2. The van der Waals surface area contributed by atoms with E-state index < -0.39 is 20.0 Å². The summed E-state index contributed by atoms with van der Waals surface area (Å²) in [5.41, 5.74) is -0.762. The van der Waals surface area contributed by atoms with E-state index in [0.717, 1.165) is 12.8 Å². The molecule has 100 valence electrons. The fourth-order valence-electron chi connectivity index (χ4n) is 3.30. The van der Waals surface area contributed by atoms with Crippen LogP contribution in [0.15, 0.2) is 0 Å². The quantitative estimate of drug-likeness (QED) is 0.780. The number of piperidine rings is 1. The first-order valence-corrected chi connectivity index (χ1v) is 9.80. The zero-order chi connectivity index (χ0) is 13.6. The Labute approximate surface area is 108 Å². The monoisotopic (exact) mass is 268 g/mol. The molecule has 0 aliphatic carbocycles. The van der Waals surface area contributed by atoms with E-state index in [2.05, 4.69) is 25.7 Å². The van der Waals surface area contributed by atoms with Crippen molar-refractivity contribution in [2.24, 2.45) is 0 Å². The van der Waals surface area contributed by atoms with E-state index in [1.54, 1.807) is 0 Å². The summed E-state index contributed by atoms with van der Waals surface area (Å²) in [4.78, 5) is 12.7. The van der Waals surface area contributed by atoms with E-state index >= 15 is 0 Å². The van der Waals surface area contributed by atoms with Crippen molar-refractivity contribution in [1.82, 2.24) is 4.90 Å². The second-order valence-electron chi connectivity index (χ2n) is 6.30. The summed E-state index contributed by atoms with van der Waals surface area (Å²) < 4.78 is 6.08. The summed E-state index contributed by atoms with van der Waals surface area (Å²) in [5, 5.41) is 18.7. The Morgan fingerprint density at radius 2 is 1.89 bits per heavy atom. The highest BCUT2D eigenvalue weighted by atomic mass is 28.4. The third-order valence-electron chi connectivity index (χ3n) is 3.68. The standard InChI is InChI=1S/C12H20N2O3Si/c1-18(2,3)17-12(8-13)6-9-4-5-10(7-12)14(9)11(15)16/h9-10H,4-7H2,1-3H3,(H,15,16). The number of nitriles is 1. The second-order valence-corrected chi connectivity index (χ2v) is 10.7. The SMILES string of the molecule is C[Si](C)(C)OC1(C#N)CC2CCC(C1)N2C(=O)O. The van der Waals surface area contributed by atoms with Gasteiger partial charge < -0.3 is 14.4 Å². The molecule has 2 saturated heterocycles. The first-order chi connectivity index (χ1) is 8.26. The summed E-state index contributed by atoms with van der Waals surface area (Å²) >= 11 is 0. The van der Waals surface area contributed by atoms with Crippen molar-refractivity contribution in [3.63, 3.8) is 0 Å². The Balaban J connectivity index is 2.20. The Hall–Kier alpha value is -1.06. The molecule has 2 rings (SSSR count). The average Bonchev–Trinajstić information content (AvgIpc) is 2.50. The molecule has 0 aromatic rings. The number of hydrogen-bond acceptors (Lipinski definition) is 3. The molecule has 2 aliphatic heterocycles. The molecular formula is C12H20N2O3Si. The smallest absolute Gasteiger partial charge is 0.407 e. The van der Waals surface area contributed by atoms with Crippen molar-refractivity contribution in [3.8, 4) is 6.07 Å². The average molecular weight is 268 g/mol. The van der Waals surface area contributed by atoms with E-state index in [0.29, 0.717) is 12.8 Å². The van der Waals surface area contributed by atoms with Gasteiger partial charge in [0.05, 0.1) is 6.07 Å². The maximum absolute atomic E-state index is 11.2. The molecule has 2 aliphatic rings. The van der Waals surface area contributed by atoms with Crippen LogP contribution in [0.4, 0.5) is 4.79 Å². The lowest BCUT2D eigenvalue weighted by molar-refractivity contribution is 0.00664. The number of amides is 1. The molecule has 2 heterocycles. The van der Waals surface area contributed by atoms with Gasteiger partial charge in [-0.1, -0.05) is 0 Å². The van der Waals surface area contributed by atoms with Crippen molar-refractivity contribution in [2.75, 3.05) is 0 Å². The largest absolute Gasteiger partial charge is 0.465 e. The van der Waals surface area contributed by atoms with Gasteiger partial charge in [-0.2, -0.15) is 5.26 Å². The molecule has 1 N–H and O–H groups in total. The third kappa shape index (κ3) is 2.38. The maximum atomic E-state index is 11.2. The Morgan fingerprint density at radius 3 is 2.22 bits per heavy atom. The highest BCUT2D eigenvalue weighted by Crippen LogP contribution is 2.43. The lowest BCUT2D eigenvalue weighted by atomic mass is 9.88. The van der Waals surface area contributed by atoms with Gasteiger partial charge in [-0.25, -0.2) is 4.79 Å². The molecule has 0 aromatic heterocycles. The van der Waals surface area contributed by atoms with Crippen LogP contribution in [0.2, 0.25) is 19.6 Å². The zero-order valence-electron chi connectivity index (χ0n) is 11.1. The van der Waals surface area contributed by atoms with E-state index in [-0.39, 0.29) is 12.1 Å². The first kappa shape index (κ1) is 13.4. The molecule has 0 aromatic carbocycles. The molecule has 0 saturated carbocycles. The molecule has 6 heteroatoms. The van der Waals surface area contributed by atoms with Crippen LogP contribution in [0.3, 0.4) is 0 Å². The van der Waals surface area contributed by atoms with E-state index in [9.17, 15) is 15.2 Å². The van der Waals surface area contributed by atoms with Crippen LogP contribution in [-0.2, 0) is 4.43 Å². The molecule has 2 atom stereocenters. The van der Waals surface area contributed by atoms with Crippen LogP contribution in [0.25, 0.3) is 0 Å². The predicted octanol–water partition coefficient (Wildman–Crippen LogP) is 2.41. The fraction of sp³-hybridized carbons (Fsp3) is 0.833. The minimum absolute atomic E-state index is 0.0442. The van der Waals surface area contributed by atoms with Crippen molar-refractivity contribution < 1.29 is 14.3 Å². The molecular weight excluding hydrogens is 248 g/mol. The topological polar surface area (TPSA) is 73.6 Å². The molecule has 5 nitrogen and oxygen atoms in total. The van der Waals surface area contributed by atoms with Gasteiger partial charge in [-0.05, 0) is 32.5 Å². The zero-order valence-corrected chi connectivity index (χ0v) is 12.1. The normalized spacial score (nSPS) is 35.3. The van der Waals surface area contributed by atoms with Crippen molar-refractivity contribution in [3.05, 3.63) is 0 Å². The Morgan fingerprint density at radius 1 is 1.39 bits per heavy atom.